The minimum atomic E-state index is -0.848. The van der Waals surface area contributed by atoms with E-state index in [-0.39, 0.29) is 18.1 Å². The summed E-state index contributed by atoms with van der Waals surface area (Å²) < 4.78 is 9.04. The predicted molar refractivity (Wildman–Crippen MR) is 100 cm³/mol. The lowest BCUT2D eigenvalue weighted by atomic mass is 9.76. The van der Waals surface area contributed by atoms with Gasteiger partial charge in [-0.25, -0.2) is 4.68 Å². The van der Waals surface area contributed by atoms with Crippen LogP contribution >= 0.6 is 0 Å². The standard InChI is InChI=1S/C20H25N3O4/c1-14-17(18(24)23(21(14)2)16-6-4-3-5-7-16)11-22-10-15-8-9-27-13-20(15,12-22)19(25)26/h3-7,15H,8-13H2,1-2H3,(H,25,26)/t15-,20+/m0/s1. The summed E-state index contributed by atoms with van der Waals surface area (Å²) in [6.45, 7) is 4.38. The number of ether oxygens (including phenoxy) is 1. The Kier molecular flexibility index (Phi) is 4.44. The topological polar surface area (TPSA) is 76.7 Å². The van der Waals surface area contributed by atoms with Gasteiger partial charge in [-0.2, -0.15) is 0 Å². The Labute approximate surface area is 157 Å². The van der Waals surface area contributed by atoms with Gasteiger partial charge in [-0.15, -0.1) is 0 Å². The Bertz CT molecular complexity index is 917. The average molecular weight is 371 g/mol. The Morgan fingerprint density at radius 2 is 2.07 bits per heavy atom. The van der Waals surface area contributed by atoms with Crippen LogP contribution in [0.1, 0.15) is 17.7 Å². The number of para-hydroxylation sites is 1. The number of rotatable bonds is 4. The van der Waals surface area contributed by atoms with Crippen molar-refractivity contribution in [3.05, 3.63) is 51.9 Å². The molecular weight excluding hydrogens is 346 g/mol. The van der Waals surface area contributed by atoms with Gasteiger partial charge in [0.2, 0.25) is 0 Å². The van der Waals surface area contributed by atoms with Gasteiger partial charge in [0.25, 0.3) is 5.56 Å². The van der Waals surface area contributed by atoms with Crippen molar-refractivity contribution in [2.45, 2.75) is 19.9 Å². The number of aromatic nitrogens is 2. The molecule has 1 N–H and O–H groups in total. The van der Waals surface area contributed by atoms with Crippen LogP contribution in [-0.4, -0.2) is 51.6 Å². The number of benzene rings is 1. The van der Waals surface area contributed by atoms with Gasteiger partial charge in [0.1, 0.15) is 5.41 Å². The quantitative estimate of drug-likeness (QED) is 0.879. The second kappa shape index (κ2) is 6.65. The maximum absolute atomic E-state index is 13.1. The first kappa shape index (κ1) is 18.0. The number of carboxylic acid groups (broad SMARTS) is 1. The van der Waals surface area contributed by atoms with Crippen LogP contribution < -0.4 is 5.56 Å². The lowest BCUT2D eigenvalue weighted by Crippen LogP contribution is -2.46. The van der Waals surface area contributed by atoms with Crippen LogP contribution in [0.15, 0.2) is 35.1 Å². The van der Waals surface area contributed by atoms with E-state index in [1.165, 1.54) is 0 Å². The van der Waals surface area contributed by atoms with Crippen LogP contribution in [0, 0.1) is 18.3 Å². The van der Waals surface area contributed by atoms with Gasteiger partial charge in [-0.3, -0.25) is 19.2 Å². The fourth-order valence-electron chi connectivity index (χ4n) is 4.54. The maximum Gasteiger partial charge on any atom is 0.313 e. The van der Waals surface area contributed by atoms with Crippen molar-refractivity contribution in [3.8, 4) is 5.69 Å². The number of likely N-dealkylation sites (tertiary alicyclic amines) is 1. The molecule has 144 valence electrons. The number of fused-ring (bicyclic) bond motifs is 1. The maximum atomic E-state index is 13.1. The van der Waals surface area contributed by atoms with Crippen molar-refractivity contribution in [1.82, 2.24) is 14.3 Å². The summed E-state index contributed by atoms with van der Waals surface area (Å²) in [6.07, 6.45) is 0.755. The van der Waals surface area contributed by atoms with Gasteiger partial charge < -0.3 is 9.84 Å². The molecule has 2 aliphatic rings. The molecule has 0 bridgehead atoms. The van der Waals surface area contributed by atoms with Crippen molar-refractivity contribution in [3.63, 3.8) is 0 Å². The molecule has 27 heavy (non-hydrogen) atoms. The second-order valence-corrected chi connectivity index (χ2v) is 7.71. The summed E-state index contributed by atoms with van der Waals surface area (Å²) in [4.78, 5) is 27.2. The first-order chi connectivity index (χ1) is 12.9. The first-order valence-electron chi connectivity index (χ1n) is 9.30. The lowest BCUT2D eigenvalue weighted by molar-refractivity contribution is -0.159. The van der Waals surface area contributed by atoms with Crippen LogP contribution in [-0.2, 0) is 23.1 Å². The van der Waals surface area contributed by atoms with E-state index in [0.29, 0.717) is 26.2 Å². The molecule has 2 aromatic rings. The number of carboxylic acids is 1. The lowest BCUT2D eigenvalue weighted by Gasteiger charge is -2.34. The zero-order valence-electron chi connectivity index (χ0n) is 15.7. The van der Waals surface area contributed by atoms with Crippen molar-refractivity contribution in [1.29, 1.82) is 0 Å². The van der Waals surface area contributed by atoms with Crippen molar-refractivity contribution >= 4 is 5.97 Å². The predicted octanol–water partition coefficient (Wildman–Crippen LogP) is 1.41. The molecule has 2 saturated heterocycles. The van der Waals surface area contributed by atoms with Gasteiger partial charge in [-0.05, 0) is 31.4 Å². The molecule has 3 heterocycles. The molecule has 1 aromatic heterocycles. The van der Waals surface area contributed by atoms with Crippen LogP contribution in [0.4, 0.5) is 0 Å². The molecule has 2 atom stereocenters. The zero-order chi connectivity index (χ0) is 19.2. The number of nitrogens with zero attached hydrogens (tertiary/aromatic N) is 3. The molecular formula is C20H25N3O4. The second-order valence-electron chi connectivity index (χ2n) is 7.71. The van der Waals surface area contributed by atoms with Crippen molar-refractivity contribution in [2.75, 3.05) is 26.3 Å². The van der Waals surface area contributed by atoms with E-state index in [9.17, 15) is 14.7 Å². The average Bonchev–Trinajstić information content (AvgIpc) is 3.14. The fourth-order valence-corrected chi connectivity index (χ4v) is 4.54. The van der Waals surface area contributed by atoms with Gasteiger partial charge in [0.15, 0.2) is 0 Å². The van der Waals surface area contributed by atoms with Crippen molar-refractivity contribution < 1.29 is 14.6 Å². The van der Waals surface area contributed by atoms with Gasteiger partial charge in [0, 0.05) is 39.0 Å². The third-order valence-electron chi connectivity index (χ3n) is 6.22. The summed E-state index contributed by atoms with van der Waals surface area (Å²) in [6, 6.07) is 9.55. The molecule has 7 nitrogen and oxygen atoms in total. The monoisotopic (exact) mass is 371 g/mol. The molecule has 1 aromatic carbocycles. The Balaban J connectivity index is 1.65. The largest absolute Gasteiger partial charge is 0.481 e. The van der Waals surface area contributed by atoms with Crippen molar-refractivity contribution in [2.24, 2.45) is 18.4 Å². The van der Waals surface area contributed by atoms with E-state index in [2.05, 4.69) is 4.90 Å². The van der Waals surface area contributed by atoms with E-state index in [1.54, 1.807) is 4.68 Å². The third-order valence-corrected chi connectivity index (χ3v) is 6.22. The molecule has 0 saturated carbocycles. The van der Waals surface area contributed by atoms with Gasteiger partial charge in [0.05, 0.1) is 17.9 Å². The molecule has 0 unspecified atom stereocenters. The van der Waals surface area contributed by atoms with Crippen LogP contribution in [0.2, 0.25) is 0 Å². The highest BCUT2D eigenvalue weighted by Crippen LogP contribution is 2.42. The Hall–Kier alpha value is -2.38. The molecule has 4 rings (SSSR count). The van der Waals surface area contributed by atoms with Gasteiger partial charge in [-0.1, -0.05) is 18.2 Å². The minimum absolute atomic E-state index is 0.0447. The highest BCUT2D eigenvalue weighted by Gasteiger charge is 2.54. The SMILES string of the molecule is Cc1c(CN2C[C@@H]3CCOC[C@]3(C(=O)O)C2)c(=O)n(-c2ccccc2)n1C. The first-order valence-corrected chi connectivity index (χ1v) is 9.30. The smallest absolute Gasteiger partial charge is 0.313 e. The number of aliphatic carboxylic acids is 1. The van der Waals surface area contributed by atoms with E-state index < -0.39 is 11.4 Å². The summed E-state index contributed by atoms with van der Waals surface area (Å²) in [5.74, 6) is -0.717. The van der Waals surface area contributed by atoms with Crippen LogP contribution in [0.5, 0.6) is 0 Å². The van der Waals surface area contributed by atoms with Crippen LogP contribution in [0.25, 0.3) is 5.69 Å². The van der Waals surface area contributed by atoms with E-state index in [1.807, 2.05) is 49.0 Å². The van der Waals surface area contributed by atoms with Crippen LogP contribution in [0.3, 0.4) is 0 Å². The zero-order valence-corrected chi connectivity index (χ0v) is 15.7. The summed E-state index contributed by atoms with van der Waals surface area (Å²) in [5.41, 5.74) is 1.56. The third kappa shape index (κ3) is 2.82. The normalized spacial score (nSPS) is 25.5. The molecule has 2 fully saturated rings. The van der Waals surface area contributed by atoms with E-state index >= 15 is 0 Å². The summed E-state index contributed by atoms with van der Waals surface area (Å²) in [7, 11) is 1.88. The molecule has 0 radical (unpaired) electrons. The minimum Gasteiger partial charge on any atom is -0.481 e. The highest BCUT2D eigenvalue weighted by molar-refractivity contribution is 5.76. The molecule has 0 spiro atoms. The molecule has 0 amide bonds. The number of carbonyl (C=O) groups is 1. The molecule has 7 heteroatoms. The highest BCUT2D eigenvalue weighted by atomic mass is 16.5. The summed E-state index contributed by atoms with van der Waals surface area (Å²) in [5, 5.41) is 9.81. The van der Waals surface area contributed by atoms with E-state index in [4.69, 9.17) is 4.74 Å². The van der Waals surface area contributed by atoms with E-state index in [0.717, 1.165) is 23.4 Å². The van der Waals surface area contributed by atoms with Gasteiger partial charge >= 0.3 is 5.97 Å². The summed E-state index contributed by atoms with van der Waals surface area (Å²) >= 11 is 0. The Morgan fingerprint density at radius 1 is 1.33 bits per heavy atom. The number of hydrogen-bond acceptors (Lipinski definition) is 4. The fraction of sp³-hybridized carbons (Fsp3) is 0.500. The Morgan fingerprint density at radius 3 is 2.74 bits per heavy atom. The number of hydrogen-bond donors (Lipinski definition) is 1. The molecule has 2 aliphatic heterocycles. The molecule has 0 aliphatic carbocycles.